The zero-order valence-corrected chi connectivity index (χ0v) is 18.7. The van der Waals surface area contributed by atoms with Crippen molar-refractivity contribution in [3.05, 3.63) is 45.2 Å². The number of carbonyl (C=O) groups is 3. The highest BCUT2D eigenvalue weighted by Gasteiger charge is 2.68. The van der Waals surface area contributed by atoms with Crippen molar-refractivity contribution in [2.75, 3.05) is 14.1 Å². The molecule has 4 rings (SSSR count). The van der Waals surface area contributed by atoms with Gasteiger partial charge in [-0.1, -0.05) is 18.5 Å². The number of aliphatic hydroxyl groups excluding tert-OH is 3. The third-order valence-corrected chi connectivity index (χ3v) is 7.38. The summed E-state index contributed by atoms with van der Waals surface area (Å²) in [6.45, 7) is 1.61. The van der Waals surface area contributed by atoms with Crippen LogP contribution in [-0.2, 0) is 14.4 Å². The Morgan fingerprint density at radius 2 is 1.79 bits per heavy atom. The summed E-state index contributed by atoms with van der Waals surface area (Å²) in [4.78, 5) is 40.0. The number of aromatic hydroxyl groups is 1. The first-order valence-corrected chi connectivity index (χ1v) is 10.5. The van der Waals surface area contributed by atoms with Gasteiger partial charge in [-0.3, -0.25) is 19.3 Å². The van der Waals surface area contributed by atoms with Crippen LogP contribution in [0.4, 0.5) is 0 Å². The Kier molecular flexibility index (Phi) is 5.14. The largest absolute Gasteiger partial charge is 0.508 e. The molecule has 0 saturated heterocycles. The highest BCUT2D eigenvalue weighted by atomic mass is 35.5. The Hall–Kier alpha value is -2.92. The number of nitrogens with zero attached hydrogens (tertiary/aromatic N) is 1. The number of fused-ring (bicyclic) bond motifs is 3. The maximum Gasteiger partial charge on any atom is 0.255 e. The van der Waals surface area contributed by atoms with Crippen LogP contribution in [0.25, 0.3) is 5.76 Å². The molecule has 11 heteroatoms. The number of hydrogen-bond acceptors (Lipinski definition) is 9. The summed E-state index contributed by atoms with van der Waals surface area (Å²) in [5, 5.41) is 55.3. The van der Waals surface area contributed by atoms with E-state index in [1.54, 1.807) is 6.92 Å². The molecule has 1 amide bonds. The normalized spacial score (nSPS) is 33.7. The standard InChI is InChI=1S/C22H23ClN2O8/c1-6-9-7(23)4-5-8(26)11(9)16(27)12-10(6)17(28)14-15(25(2)3)18(29)13(21(24)32)20(31)22(14,33)19(12)30/h4-6,10,14-15,17,26-28,31,33H,1-3H3,(H2,24,32). The van der Waals surface area contributed by atoms with Crippen LogP contribution in [-0.4, -0.2) is 79.7 Å². The molecule has 3 aliphatic rings. The minimum absolute atomic E-state index is 0.140. The molecule has 0 aromatic heterocycles. The Labute approximate surface area is 193 Å². The molecule has 0 aliphatic heterocycles. The number of ketones is 2. The molecule has 1 aromatic carbocycles. The maximum atomic E-state index is 13.7. The summed E-state index contributed by atoms with van der Waals surface area (Å²) >= 11 is 6.31. The van der Waals surface area contributed by atoms with Crippen molar-refractivity contribution in [1.29, 1.82) is 0 Å². The molecule has 10 nitrogen and oxygen atoms in total. The summed E-state index contributed by atoms with van der Waals surface area (Å²) in [5.74, 6) is -9.40. The van der Waals surface area contributed by atoms with E-state index in [1.165, 1.54) is 31.1 Å². The fourth-order valence-corrected chi connectivity index (χ4v) is 5.97. The minimum Gasteiger partial charge on any atom is -0.508 e. The van der Waals surface area contributed by atoms with Crippen LogP contribution < -0.4 is 5.73 Å². The lowest BCUT2D eigenvalue weighted by atomic mass is 9.54. The number of nitrogens with two attached hydrogens (primary N) is 1. The third kappa shape index (κ3) is 2.75. The first kappa shape index (κ1) is 23.2. The topological polar surface area (TPSA) is 182 Å². The summed E-state index contributed by atoms with van der Waals surface area (Å²) < 4.78 is 0. The van der Waals surface area contributed by atoms with Gasteiger partial charge in [0.15, 0.2) is 11.4 Å². The fraction of sp³-hybridized carbons (Fsp3) is 0.409. The average Bonchev–Trinajstić information content (AvgIpc) is 2.72. The number of likely N-dealkylation sites (N-methyl/N-ethyl adjacent to an activating group) is 1. The van der Waals surface area contributed by atoms with Crippen molar-refractivity contribution >= 4 is 34.8 Å². The molecule has 1 fully saturated rings. The summed E-state index contributed by atoms with van der Waals surface area (Å²) in [7, 11) is 2.89. The molecule has 0 heterocycles. The molecule has 176 valence electrons. The molecular formula is C22H23ClN2O8. The van der Waals surface area contributed by atoms with Crippen LogP contribution in [0, 0.1) is 11.8 Å². The highest BCUT2D eigenvalue weighted by molar-refractivity contribution is 6.32. The van der Waals surface area contributed by atoms with E-state index in [1.807, 2.05) is 0 Å². The number of carbonyl (C=O) groups excluding carboxylic acids is 3. The van der Waals surface area contributed by atoms with Crippen LogP contribution >= 0.6 is 11.6 Å². The second-order valence-corrected chi connectivity index (χ2v) is 9.31. The summed E-state index contributed by atoms with van der Waals surface area (Å²) in [6, 6.07) is 1.22. The Morgan fingerprint density at radius 3 is 2.33 bits per heavy atom. The zero-order valence-electron chi connectivity index (χ0n) is 17.9. The number of phenolic OH excluding ortho intramolecular Hbond substituents is 1. The lowest BCUT2D eigenvalue weighted by molar-refractivity contribution is -0.169. The molecule has 6 atom stereocenters. The number of Topliss-reactive ketones (excluding diaryl/α,β-unsaturated/α-hetero) is 2. The minimum atomic E-state index is -2.93. The number of benzene rings is 1. The van der Waals surface area contributed by atoms with E-state index in [0.29, 0.717) is 0 Å². The number of aliphatic hydroxyl groups is 4. The number of hydrogen-bond donors (Lipinski definition) is 6. The van der Waals surface area contributed by atoms with Gasteiger partial charge in [-0.15, -0.1) is 0 Å². The van der Waals surface area contributed by atoms with E-state index >= 15 is 0 Å². The van der Waals surface area contributed by atoms with Gasteiger partial charge < -0.3 is 31.3 Å². The molecule has 3 aliphatic carbocycles. The van der Waals surface area contributed by atoms with Gasteiger partial charge in [0.1, 0.15) is 22.8 Å². The molecule has 0 spiro atoms. The first-order chi connectivity index (χ1) is 15.3. The lowest BCUT2D eigenvalue weighted by Crippen LogP contribution is -2.70. The average molecular weight is 479 g/mol. The highest BCUT2D eigenvalue weighted by Crippen LogP contribution is 2.57. The van der Waals surface area contributed by atoms with E-state index < -0.39 is 75.6 Å². The van der Waals surface area contributed by atoms with Crippen molar-refractivity contribution in [3.63, 3.8) is 0 Å². The van der Waals surface area contributed by atoms with Gasteiger partial charge >= 0.3 is 0 Å². The molecular weight excluding hydrogens is 456 g/mol. The monoisotopic (exact) mass is 478 g/mol. The van der Waals surface area contributed by atoms with Gasteiger partial charge in [-0.2, -0.15) is 0 Å². The Morgan fingerprint density at radius 1 is 1.18 bits per heavy atom. The Bertz CT molecular complexity index is 1190. The second kappa shape index (κ2) is 7.29. The predicted molar refractivity (Wildman–Crippen MR) is 115 cm³/mol. The van der Waals surface area contributed by atoms with Crippen LogP contribution in [0.1, 0.15) is 24.0 Å². The SMILES string of the molecule is CC1c2c(Cl)ccc(O)c2C(O)=C2C(=O)C3(O)C(O)=C(C(N)=O)C(=O)C(N(C)C)C3C(O)C21. The summed E-state index contributed by atoms with van der Waals surface area (Å²) in [5.41, 5.74) is 1.05. The molecule has 7 N–H and O–H groups in total. The third-order valence-electron chi connectivity index (χ3n) is 7.05. The van der Waals surface area contributed by atoms with E-state index in [9.17, 15) is 39.9 Å². The fourth-order valence-electron chi connectivity index (χ4n) is 5.64. The van der Waals surface area contributed by atoms with Crippen LogP contribution in [0.2, 0.25) is 5.02 Å². The van der Waals surface area contributed by atoms with Gasteiger partial charge in [-0.25, -0.2) is 0 Å². The van der Waals surface area contributed by atoms with Crippen molar-refractivity contribution in [2.24, 2.45) is 17.6 Å². The molecule has 33 heavy (non-hydrogen) atoms. The lowest BCUT2D eigenvalue weighted by Gasteiger charge is -2.53. The van der Waals surface area contributed by atoms with Crippen LogP contribution in [0.3, 0.4) is 0 Å². The van der Waals surface area contributed by atoms with Crippen molar-refractivity contribution in [1.82, 2.24) is 4.90 Å². The van der Waals surface area contributed by atoms with Crippen LogP contribution in [0.5, 0.6) is 5.75 Å². The van der Waals surface area contributed by atoms with E-state index in [-0.39, 0.29) is 21.9 Å². The van der Waals surface area contributed by atoms with Crippen molar-refractivity contribution < 1.29 is 39.9 Å². The maximum absolute atomic E-state index is 13.7. The predicted octanol–water partition coefficient (Wildman–Crippen LogP) is 0.149. The van der Waals surface area contributed by atoms with Crippen molar-refractivity contribution in [3.8, 4) is 5.75 Å². The van der Waals surface area contributed by atoms with Gasteiger partial charge in [0.25, 0.3) is 5.91 Å². The molecule has 6 unspecified atom stereocenters. The van der Waals surface area contributed by atoms with Crippen molar-refractivity contribution in [2.45, 2.75) is 30.6 Å². The number of phenols is 1. The number of rotatable bonds is 2. The summed E-state index contributed by atoms with van der Waals surface area (Å²) in [6.07, 6.45) is -1.65. The smallest absolute Gasteiger partial charge is 0.255 e. The second-order valence-electron chi connectivity index (χ2n) is 8.90. The molecule has 1 saturated carbocycles. The molecule has 1 aromatic rings. The van der Waals surface area contributed by atoms with Crippen LogP contribution in [0.15, 0.2) is 29.0 Å². The number of halogens is 1. The Balaban J connectivity index is 2.08. The van der Waals surface area contributed by atoms with Gasteiger partial charge in [-0.05, 0) is 37.7 Å². The van der Waals surface area contributed by atoms with Gasteiger partial charge in [0.05, 0.1) is 23.6 Å². The molecule has 0 radical (unpaired) electrons. The number of primary amides is 1. The zero-order chi connectivity index (χ0) is 24.7. The van der Waals surface area contributed by atoms with Gasteiger partial charge in [0, 0.05) is 16.5 Å². The number of amides is 1. The van der Waals surface area contributed by atoms with E-state index in [0.717, 1.165) is 0 Å². The quantitative estimate of drug-likeness (QED) is 0.322. The molecule has 0 bridgehead atoms. The van der Waals surface area contributed by atoms with E-state index in [4.69, 9.17) is 17.3 Å². The van der Waals surface area contributed by atoms with Gasteiger partial charge in [0.2, 0.25) is 5.78 Å². The van der Waals surface area contributed by atoms with E-state index in [2.05, 4.69) is 0 Å². The first-order valence-electron chi connectivity index (χ1n) is 10.1.